The molecule has 0 aliphatic heterocycles. The van der Waals surface area contributed by atoms with Gasteiger partial charge in [0.05, 0.1) is 0 Å². The first-order valence-corrected chi connectivity index (χ1v) is 6.81. The predicted octanol–water partition coefficient (Wildman–Crippen LogP) is 1.84. The van der Waals surface area contributed by atoms with E-state index in [2.05, 4.69) is 63.8 Å². The molecule has 0 aliphatic rings. The van der Waals surface area contributed by atoms with Gasteiger partial charge in [0.1, 0.15) is 5.82 Å². The average Bonchev–Trinajstić information content (AvgIpc) is 2.34. The maximum atomic E-state index is 5.80. The van der Waals surface area contributed by atoms with Crippen molar-refractivity contribution in [3.63, 3.8) is 0 Å². The van der Waals surface area contributed by atoms with Crippen LogP contribution in [-0.4, -0.2) is 44.1 Å². The number of hydrogen-bond acceptors (Lipinski definition) is 4. The molecular weight excluding hydrogens is 236 g/mol. The lowest BCUT2D eigenvalue weighted by Gasteiger charge is -2.25. The fourth-order valence-corrected chi connectivity index (χ4v) is 1.73. The Labute approximate surface area is 117 Å². The van der Waals surface area contributed by atoms with Crippen molar-refractivity contribution >= 4 is 5.82 Å². The highest BCUT2D eigenvalue weighted by Gasteiger charge is 2.18. The van der Waals surface area contributed by atoms with Gasteiger partial charge < -0.3 is 15.5 Å². The van der Waals surface area contributed by atoms with E-state index in [0.29, 0.717) is 6.54 Å². The molecule has 0 aromatic carbocycles. The van der Waals surface area contributed by atoms with Gasteiger partial charge >= 0.3 is 0 Å². The topological polar surface area (TPSA) is 45.4 Å². The van der Waals surface area contributed by atoms with E-state index in [4.69, 9.17) is 10.7 Å². The Morgan fingerprint density at radius 1 is 1.11 bits per heavy atom. The Morgan fingerprint density at radius 3 is 2.21 bits per heavy atom. The summed E-state index contributed by atoms with van der Waals surface area (Å²) >= 11 is 0. The molecule has 4 nitrogen and oxygen atoms in total. The number of anilines is 1. The van der Waals surface area contributed by atoms with E-state index in [1.54, 1.807) is 0 Å². The molecule has 0 amide bonds. The van der Waals surface area contributed by atoms with Crippen LogP contribution < -0.4 is 10.6 Å². The summed E-state index contributed by atoms with van der Waals surface area (Å²) < 4.78 is 0. The predicted molar refractivity (Wildman–Crippen MR) is 82.7 cm³/mol. The van der Waals surface area contributed by atoms with Crippen molar-refractivity contribution in [3.8, 4) is 0 Å². The van der Waals surface area contributed by atoms with Crippen LogP contribution in [0.4, 0.5) is 5.82 Å². The third-order valence-electron chi connectivity index (χ3n) is 3.15. The van der Waals surface area contributed by atoms with Gasteiger partial charge in [-0.2, -0.15) is 0 Å². The van der Waals surface area contributed by atoms with E-state index in [1.807, 2.05) is 0 Å². The normalized spacial score (nSPS) is 12.0. The van der Waals surface area contributed by atoms with Crippen molar-refractivity contribution in [1.82, 2.24) is 9.88 Å². The highest BCUT2D eigenvalue weighted by atomic mass is 15.2. The minimum absolute atomic E-state index is 0.0440. The molecule has 1 aromatic heterocycles. The molecule has 1 heterocycles. The first-order chi connectivity index (χ1) is 8.74. The van der Waals surface area contributed by atoms with Gasteiger partial charge in [-0.1, -0.05) is 20.8 Å². The molecule has 0 spiro atoms. The van der Waals surface area contributed by atoms with E-state index >= 15 is 0 Å². The number of aromatic nitrogens is 1. The lowest BCUT2D eigenvalue weighted by Crippen LogP contribution is -2.29. The van der Waals surface area contributed by atoms with Crippen LogP contribution in [0.25, 0.3) is 0 Å². The maximum Gasteiger partial charge on any atom is 0.128 e. The summed E-state index contributed by atoms with van der Waals surface area (Å²) in [7, 11) is 6.24. The smallest absolute Gasteiger partial charge is 0.128 e. The molecule has 0 aliphatic carbocycles. The molecule has 2 N–H and O–H groups in total. The van der Waals surface area contributed by atoms with Crippen molar-refractivity contribution in [3.05, 3.63) is 23.4 Å². The van der Waals surface area contributed by atoms with Crippen molar-refractivity contribution in [2.45, 2.75) is 32.7 Å². The Balaban J connectivity index is 2.99. The number of nitrogens with zero attached hydrogens (tertiary/aromatic N) is 3. The second kappa shape index (κ2) is 6.35. The van der Waals surface area contributed by atoms with Crippen molar-refractivity contribution < 1.29 is 0 Å². The van der Waals surface area contributed by atoms with Crippen LogP contribution in [0, 0.1) is 0 Å². The highest BCUT2D eigenvalue weighted by Crippen LogP contribution is 2.24. The molecule has 108 valence electrons. The molecular formula is C15H28N4. The summed E-state index contributed by atoms with van der Waals surface area (Å²) in [6.45, 7) is 9.06. The van der Waals surface area contributed by atoms with Gasteiger partial charge in [0.2, 0.25) is 0 Å². The molecule has 1 aromatic rings. The molecule has 0 atom stereocenters. The molecule has 1 rings (SSSR count). The lowest BCUT2D eigenvalue weighted by molar-refractivity contribution is 0.416. The van der Waals surface area contributed by atoms with Gasteiger partial charge in [0.15, 0.2) is 0 Å². The van der Waals surface area contributed by atoms with Gasteiger partial charge in [0, 0.05) is 37.8 Å². The molecule has 0 fully saturated rings. The zero-order valence-corrected chi connectivity index (χ0v) is 13.2. The van der Waals surface area contributed by atoms with Crippen LogP contribution in [0.5, 0.6) is 0 Å². The average molecular weight is 264 g/mol. The number of likely N-dealkylation sites (N-methyl/N-ethyl adjacent to an activating group) is 2. The van der Waals surface area contributed by atoms with Crippen LogP contribution in [0.2, 0.25) is 0 Å². The third-order valence-corrected chi connectivity index (χ3v) is 3.15. The van der Waals surface area contributed by atoms with Crippen LogP contribution in [0.3, 0.4) is 0 Å². The fourth-order valence-electron chi connectivity index (χ4n) is 1.73. The monoisotopic (exact) mass is 264 g/mol. The van der Waals surface area contributed by atoms with E-state index in [1.165, 1.54) is 0 Å². The van der Waals surface area contributed by atoms with Crippen LogP contribution in [0.1, 0.15) is 32.0 Å². The SMILES string of the molecule is CN(C)CCN(C)c1cc(CN)cc(C(C)(C)C)n1. The Hall–Kier alpha value is -1.13. The first-order valence-electron chi connectivity index (χ1n) is 6.81. The Kier molecular flexibility index (Phi) is 5.32. The zero-order chi connectivity index (χ0) is 14.6. The minimum Gasteiger partial charge on any atom is -0.358 e. The van der Waals surface area contributed by atoms with Gasteiger partial charge in [-0.15, -0.1) is 0 Å². The molecule has 0 radical (unpaired) electrons. The van der Waals surface area contributed by atoms with Gasteiger partial charge in [-0.25, -0.2) is 4.98 Å². The third kappa shape index (κ3) is 4.80. The molecule has 0 bridgehead atoms. The minimum atomic E-state index is 0.0440. The summed E-state index contributed by atoms with van der Waals surface area (Å²) in [6.07, 6.45) is 0. The van der Waals surface area contributed by atoms with Crippen molar-refractivity contribution in [1.29, 1.82) is 0 Å². The summed E-state index contributed by atoms with van der Waals surface area (Å²) in [6, 6.07) is 4.20. The summed E-state index contributed by atoms with van der Waals surface area (Å²) in [4.78, 5) is 9.15. The van der Waals surface area contributed by atoms with E-state index in [0.717, 1.165) is 30.2 Å². The number of hydrogen-bond donors (Lipinski definition) is 1. The fraction of sp³-hybridized carbons (Fsp3) is 0.667. The van der Waals surface area contributed by atoms with Crippen molar-refractivity contribution in [2.24, 2.45) is 5.73 Å². The molecule has 4 heteroatoms. The summed E-state index contributed by atoms with van der Waals surface area (Å²) in [5.74, 6) is 1.01. The van der Waals surface area contributed by atoms with E-state index in [-0.39, 0.29) is 5.41 Å². The van der Waals surface area contributed by atoms with Crippen LogP contribution >= 0.6 is 0 Å². The Bertz CT molecular complexity index is 407. The summed E-state index contributed by atoms with van der Waals surface area (Å²) in [5, 5.41) is 0. The largest absolute Gasteiger partial charge is 0.358 e. The Morgan fingerprint density at radius 2 is 1.74 bits per heavy atom. The standard InChI is InChI=1S/C15H28N4/c1-15(2,3)13-9-12(11-16)10-14(17-13)19(6)8-7-18(4)5/h9-10H,7-8,11,16H2,1-6H3. The second-order valence-corrected chi connectivity index (χ2v) is 6.40. The summed E-state index contributed by atoms with van der Waals surface area (Å²) in [5.41, 5.74) is 8.09. The van der Waals surface area contributed by atoms with Gasteiger partial charge in [-0.05, 0) is 31.8 Å². The maximum absolute atomic E-state index is 5.80. The number of rotatable bonds is 5. The highest BCUT2D eigenvalue weighted by molar-refractivity contribution is 5.43. The van der Waals surface area contributed by atoms with Gasteiger partial charge in [-0.3, -0.25) is 0 Å². The number of pyridine rings is 1. The van der Waals surface area contributed by atoms with Crippen LogP contribution in [0.15, 0.2) is 12.1 Å². The van der Waals surface area contributed by atoms with Gasteiger partial charge in [0.25, 0.3) is 0 Å². The molecule has 0 saturated heterocycles. The van der Waals surface area contributed by atoms with E-state index in [9.17, 15) is 0 Å². The molecule has 0 saturated carbocycles. The zero-order valence-electron chi connectivity index (χ0n) is 13.2. The lowest BCUT2D eigenvalue weighted by atomic mass is 9.90. The first kappa shape index (κ1) is 15.9. The number of nitrogens with two attached hydrogens (primary N) is 1. The second-order valence-electron chi connectivity index (χ2n) is 6.40. The molecule has 19 heavy (non-hydrogen) atoms. The van der Waals surface area contributed by atoms with Crippen molar-refractivity contribution in [2.75, 3.05) is 39.1 Å². The molecule has 0 unspecified atom stereocenters. The van der Waals surface area contributed by atoms with Crippen LogP contribution in [-0.2, 0) is 12.0 Å². The van der Waals surface area contributed by atoms with E-state index < -0.39 is 0 Å². The quantitative estimate of drug-likeness (QED) is 0.881.